The van der Waals surface area contributed by atoms with Crippen molar-refractivity contribution in [3.05, 3.63) is 53.7 Å². The zero-order valence-corrected chi connectivity index (χ0v) is 18.3. The van der Waals surface area contributed by atoms with Crippen LogP contribution in [0.2, 0.25) is 0 Å². The lowest BCUT2D eigenvalue weighted by Crippen LogP contribution is -2.47. The van der Waals surface area contributed by atoms with Crippen LogP contribution >= 0.6 is 0 Å². The quantitative estimate of drug-likeness (QED) is 0.732. The van der Waals surface area contributed by atoms with Crippen molar-refractivity contribution < 1.29 is 14.4 Å². The number of carbonyl (C=O) groups is 3. The van der Waals surface area contributed by atoms with Crippen LogP contribution in [0.5, 0.6) is 0 Å². The second-order valence-electron chi connectivity index (χ2n) is 8.33. The van der Waals surface area contributed by atoms with Crippen molar-refractivity contribution in [1.29, 1.82) is 0 Å². The topological polar surface area (TPSA) is 91.4 Å². The number of amides is 3. The van der Waals surface area contributed by atoms with E-state index in [0.29, 0.717) is 11.5 Å². The van der Waals surface area contributed by atoms with E-state index in [0.717, 1.165) is 11.1 Å². The first-order chi connectivity index (χ1) is 14.0. The Kier molecular flexibility index (Phi) is 7.69. The van der Waals surface area contributed by atoms with Gasteiger partial charge in [0.2, 0.25) is 17.7 Å². The molecule has 0 aliphatic carbocycles. The minimum atomic E-state index is -0.407. The van der Waals surface area contributed by atoms with Gasteiger partial charge in [-0.1, -0.05) is 18.2 Å². The maximum atomic E-state index is 13.0. The standard InChI is InChI=1S/C23H30N4O3/c1-16-9-10-17(2)18(14-16)27(15-21(29)26-23(3,4)5)22(30)12-11-20(28)25-19-8-6-7-13-24-19/h6-10,13-14H,11-12,15H2,1-5H3,(H,26,29)(H,24,25,28). The number of aryl methyl sites for hydroxylation is 2. The molecule has 2 aromatic rings. The molecule has 0 unspecified atom stereocenters. The highest BCUT2D eigenvalue weighted by atomic mass is 16.2. The van der Waals surface area contributed by atoms with Crippen molar-refractivity contribution in [2.75, 3.05) is 16.8 Å². The Labute approximate surface area is 177 Å². The lowest BCUT2D eigenvalue weighted by Gasteiger charge is -2.27. The lowest BCUT2D eigenvalue weighted by atomic mass is 10.1. The van der Waals surface area contributed by atoms with Crippen LogP contribution in [0.15, 0.2) is 42.6 Å². The summed E-state index contributed by atoms with van der Waals surface area (Å²) in [6, 6.07) is 11.0. The van der Waals surface area contributed by atoms with Crippen LogP contribution in [0.25, 0.3) is 0 Å². The van der Waals surface area contributed by atoms with Gasteiger partial charge in [-0.2, -0.15) is 0 Å². The Hall–Kier alpha value is -3.22. The van der Waals surface area contributed by atoms with Crippen molar-refractivity contribution in [3.8, 4) is 0 Å². The summed E-state index contributed by atoms with van der Waals surface area (Å²) in [5, 5.41) is 5.55. The zero-order chi connectivity index (χ0) is 22.3. The van der Waals surface area contributed by atoms with E-state index >= 15 is 0 Å². The van der Waals surface area contributed by atoms with Gasteiger partial charge in [-0.15, -0.1) is 0 Å². The molecule has 7 nitrogen and oxygen atoms in total. The second-order valence-corrected chi connectivity index (χ2v) is 8.33. The number of benzene rings is 1. The highest BCUT2D eigenvalue weighted by molar-refractivity contribution is 6.01. The number of carbonyl (C=O) groups excluding carboxylic acids is 3. The van der Waals surface area contributed by atoms with Gasteiger partial charge in [0.05, 0.1) is 0 Å². The van der Waals surface area contributed by atoms with Gasteiger partial charge < -0.3 is 15.5 Å². The van der Waals surface area contributed by atoms with Crippen molar-refractivity contribution in [2.24, 2.45) is 0 Å². The van der Waals surface area contributed by atoms with Crippen LogP contribution in [0.3, 0.4) is 0 Å². The smallest absolute Gasteiger partial charge is 0.240 e. The average molecular weight is 411 g/mol. The lowest BCUT2D eigenvalue weighted by molar-refractivity contribution is -0.125. The molecule has 0 fully saturated rings. The molecule has 1 heterocycles. The third-order valence-corrected chi connectivity index (χ3v) is 4.27. The number of hydrogen-bond acceptors (Lipinski definition) is 4. The van der Waals surface area contributed by atoms with E-state index in [2.05, 4.69) is 15.6 Å². The molecule has 1 aromatic heterocycles. The summed E-state index contributed by atoms with van der Waals surface area (Å²) in [5.74, 6) is -0.411. The number of nitrogens with zero attached hydrogens (tertiary/aromatic N) is 2. The van der Waals surface area contributed by atoms with E-state index in [4.69, 9.17) is 0 Å². The maximum absolute atomic E-state index is 13.0. The zero-order valence-electron chi connectivity index (χ0n) is 18.3. The number of rotatable bonds is 7. The molecule has 0 spiro atoms. The molecular weight excluding hydrogens is 380 g/mol. The van der Waals surface area contributed by atoms with E-state index in [9.17, 15) is 14.4 Å². The van der Waals surface area contributed by atoms with Gasteiger partial charge >= 0.3 is 0 Å². The summed E-state index contributed by atoms with van der Waals surface area (Å²) < 4.78 is 0. The molecule has 30 heavy (non-hydrogen) atoms. The predicted octanol–water partition coefficient (Wildman–Crippen LogP) is 3.37. The summed E-state index contributed by atoms with van der Waals surface area (Å²) in [5.41, 5.74) is 2.14. The van der Waals surface area contributed by atoms with Crippen molar-refractivity contribution in [1.82, 2.24) is 10.3 Å². The Morgan fingerprint density at radius 1 is 1.00 bits per heavy atom. The summed E-state index contributed by atoms with van der Waals surface area (Å²) >= 11 is 0. The molecule has 0 saturated carbocycles. The number of aromatic nitrogens is 1. The van der Waals surface area contributed by atoms with Gasteiger partial charge in [0, 0.05) is 30.3 Å². The van der Waals surface area contributed by atoms with Gasteiger partial charge in [0.15, 0.2) is 0 Å². The van der Waals surface area contributed by atoms with E-state index in [-0.39, 0.29) is 37.1 Å². The van der Waals surface area contributed by atoms with Gasteiger partial charge in [-0.25, -0.2) is 4.98 Å². The summed E-state index contributed by atoms with van der Waals surface area (Å²) in [6.07, 6.45) is 1.56. The molecule has 0 atom stereocenters. The number of hydrogen-bond donors (Lipinski definition) is 2. The molecule has 7 heteroatoms. The monoisotopic (exact) mass is 410 g/mol. The Balaban J connectivity index is 2.12. The number of pyridine rings is 1. The van der Waals surface area contributed by atoms with Crippen LogP contribution in [-0.4, -0.2) is 34.8 Å². The Morgan fingerprint density at radius 3 is 2.37 bits per heavy atom. The fraction of sp³-hybridized carbons (Fsp3) is 0.391. The van der Waals surface area contributed by atoms with Crippen molar-refractivity contribution in [2.45, 2.75) is 53.0 Å². The highest BCUT2D eigenvalue weighted by Gasteiger charge is 2.23. The Bertz CT molecular complexity index is 904. The van der Waals surface area contributed by atoms with E-state index < -0.39 is 5.54 Å². The second kappa shape index (κ2) is 10.0. The molecule has 0 saturated heterocycles. The SMILES string of the molecule is Cc1ccc(C)c(N(CC(=O)NC(C)(C)C)C(=O)CCC(=O)Nc2ccccn2)c1. The summed E-state index contributed by atoms with van der Waals surface area (Å²) in [6.45, 7) is 9.37. The number of anilines is 2. The van der Waals surface area contributed by atoms with Crippen LogP contribution in [0, 0.1) is 13.8 Å². The predicted molar refractivity (Wildman–Crippen MR) is 118 cm³/mol. The molecule has 2 rings (SSSR count). The van der Waals surface area contributed by atoms with Crippen molar-refractivity contribution >= 4 is 29.2 Å². The first kappa shape index (κ1) is 23.1. The van der Waals surface area contributed by atoms with Crippen LogP contribution in [0.1, 0.15) is 44.7 Å². The third-order valence-electron chi connectivity index (χ3n) is 4.27. The van der Waals surface area contributed by atoms with E-state index in [1.54, 1.807) is 24.4 Å². The summed E-state index contributed by atoms with van der Waals surface area (Å²) in [4.78, 5) is 43.2. The largest absolute Gasteiger partial charge is 0.350 e. The van der Waals surface area contributed by atoms with E-state index in [1.165, 1.54) is 4.90 Å². The van der Waals surface area contributed by atoms with Crippen LogP contribution in [-0.2, 0) is 14.4 Å². The van der Waals surface area contributed by atoms with Gasteiger partial charge in [-0.3, -0.25) is 14.4 Å². The first-order valence-corrected chi connectivity index (χ1v) is 9.94. The maximum Gasteiger partial charge on any atom is 0.240 e. The molecule has 2 N–H and O–H groups in total. The fourth-order valence-corrected chi connectivity index (χ4v) is 2.92. The molecule has 0 aliphatic heterocycles. The minimum Gasteiger partial charge on any atom is -0.350 e. The molecule has 3 amide bonds. The van der Waals surface area contributed by atoms with Gasteiger partial charge in [-0.05, 0) is 63.9 Å². The molecular formula is C23H30N4O3. The summed E-state index contributed by atoms with van der Waals surface area (Å²) in [7, 11) is 0. The van der Waals surface area contributed by atoms with Gasteiger partial charge in [0.1, 0.15) is 12.4 Å². The Morgan fingerprint density at radius 2 is 1.73 bits per heavy atom. The third kappa shape index (κ3) is 7.31. The molecule has 0 bridgehead atoms. The highest BCUT2D eigenvalue weighted by Crippen LogP contribution is 2.23. The minimum absolute atomic E-state index is 0.00232. The molecule has 0 radical (unpaired) electrons. The fourth-order valence-electron chi connectivity index (χ4n) is 2.92. The van der Waals surface area contributed by atoms with E-state index in [1.807, 2.05) is 52.8 Å². The van der Waals surface area contributed by atoms with Crippen LogP contribution < -0.4 is 15.5 Å². The number of nitrogens with one attached hydrogen (secondary N) is 2. The first-order valence-electron chi connectivity index (χ1n) is 9.94. The molecule has 160 valence electrons. The molecule has 1 aromatic carbocycles. The van der Waals surface area contributed by atoms with Gasteiger partial charge in [0.25, 0.3) is 0 Å². The molecule has 0 aliphatic rings. The van der Waals surface area contributed by atoms with Crippen molar-refractivity contribution in [3.63, 3.8) is 0 Å². The normalized spacial score (nSPS) is 11.0. The average Bonchev–Trinajstić information content (AvgIpc) is 2.65. The van der Waals surface area contributed by atoms with Crippen LogP contribution in [0.4, 0.5) is 11.5 Å².